The van der Waals surface area contributed by atoms with E-state index < -0.39 is 0 Å². The Morgan fingerprint density at radius 1 is 0.646 bits per heavy atom. The molecule has 232 valence electrons. The average molecular weight is 623 g/mol. The fraction of sp³-hybridized carbons (Fsp3) is 0.119. The Kier molecular flexibility index (Phi) is 6.86. The summed E-state index contributed by atoms with van der Waals surface area (Å²) in [4.78, 5) is 4.74. The molecule has 0 fully saturated rings. The van der Waals surface area contributed by atoms with Crippen molar-refractivity contribution in [3.05, 3.63) is 169 Å². The summed E-state index contributed by atoms with van der Waals surface area (Å²) in [5.74, 6) is 2.77. The van der Waals surface area contributed by atoms with E-state index in [1.54, 1.807) is 0 Å². The number of hydrazone groups is 1. The van der Waals surface area contributed by atoms with Crippen molar-refractivity contribution in [3.8, 4) is 0 Å². The highest BCUT2D eigenvalue weighted by molar-refractivity contribution is 6.23. The fourth-order valence-electron chi connectivity index (χ4n) is 7.57. The van der Waals surface area contributed by atoms with E-state index in [9.17, 15) is 0 Å². The number of hydrogen-bond acceptors (Lipinski definition) is 6. The maximum Gasteiger partial charge on any atom is 0.177 e. The minimum atomic E-state index is 0.0110. The van der Waals surface area contributed by atoms with Gasteiger partial charge in [-0.3, -0.25) is 5.43 Å². The maximum absolute atomic E-state index is 5.05. The second-order valence-electron chi connectivity index (χ2n) is 12.7. The zero-order valence-corrected chi connectivity index (χ0v) is 26.6. The molecule has 3 aliphatic carbocycles. The minimum absolute atomic E-state index is 0.0110. The van der Waals surface area contributed by atoms with E-state index in [0.29, 0.717) is 5.82 Å². The van der Waals surface area contributed by atoms with Gasteiger partial charge in [-0.2, -0.15) is 5.10 Å². The molecule has 4 unspecified atom stereocenters. The Balaban J connectivity index is 1.24. The largest absolute Gasteiger partial charge is 0.317 e. The molecule has 4 atom stereocenters. The number of nitrogens with zero attached hydrogens (tertiary/aromatic N) is 5. The number of allylic oxidation sites excluding steroid dienone is 7. The van der Waals surface area contributed by atoms with Crippen molar-refractivity contribution in [1.82, 2.24) is 10.2 Å². The molecular formula is C42H34N6. The number of rotatable bonds is 5. The first kappa shape index (κ1) is 28.2. The zero-order chi connectivity index (χ0) is 32.0. The fourth-order valence-corrected chi connectivity index (χ4v) is 7.57. The molecule has 1 aromatic heterocycles. The lowest BCUT2D eigenvalue weighted by Gasteiger charge is -2.39. The Hall–Kier alpha value is -6.01. The monoisotopic (exact) mass is 622 g/mol. The van der Waals surface area contributed by atoms with E-state index >= 15 is 0 Å². The summed E-state index contributed by atoms with van der Waals surface area (Å²) in [7, 11) is 0. The van der Waals surface area contributed by atoms with Crippen molar-refractivity contribution in [1.29, 1.82) is 0 Å². The lowest BCUT2D eigenvalue weighted by Crippen LogP contribution is -2.45. The second-order valence-corrected chi connectivity index (χ2v) is 12.7. The summed E-state index contributed by atoms with van der Waals surface area (Å²) in [5.41, 5.74) is 7.81. The van der Waals surface area contributed by atoms with Crippen molar-refractivity contribution in [2.75, 3.05) is 15.2 Å². The lowest BCUT2D eigenvalue weighted by atomic mass is 9.83. The smallest absolute Gasteiger partial charge is 0.177 e. The number of aromatic nitrogens is 2. The highest BCUT2D eigenvalue weighted by atomic mass is 15.4. The van der Waals surface area contributed by atoms with Gasteiger partial charge in [0.2, 0.25) is 0 Å². The van der Waals surface area contributed by atoms with Gasteiger partial charge in [-0.05, 0) is 35.1 Å². The predicted molar refractivity (Wildman–Crippen MR) is 199 cm³/mol. The van der Waals surface area contributed by atoms with Gasteiger partial charge in [0, 0.05) is 33.3 Å². The molecule has 6 nitrogen and oxygen atoms in total. The normalized spacial score (nSPS) is 21.9. The summed E-state index contributed by atoms with van der Waals surface area (Å²) in [6, 6.07) is 32.2. The van der Waals surface area contributed by atoms with Crippen LogP contribution < -0.4 is 15.2 Å². The van der Waals surface area contributed by atoms with E-state index in [2.05, 4.69) is 180 Å². The van der Waals surface area contributed by atoms with E-state index in [1.165, 1.54) is 16.3 Å². The van der Waals surface area contributed by atoms with Gasteiger partial charge < -0.3 is 9.80 Å². The summed E-state index contributed by atoms with van der Waals surface area (Å²) >= 11 is 0. The first-order chi connectivity index (χ1) is 23.8. The van der Waals surface area contributed by atoms with E-state index in [4.69, 9.17) is 15.3 Å². The van der Waals surface area contributed by atoms with Gasteiger partial charge in [0.1, 0.15) is 0 Å². The van der Waals surface area contributed by atoms with Crippen LogP contribution in [0.5, 0.6) is 0 Å². The first-order valence-corrected chi connectivity index (χ1v) is 16.6. The molecule has 1 N–H and O–H groups in total. The average Bonchev–Trinajstić information content (AvgIpc) is 3.15. The number of hydrogen-bond donors (Lipinski definition) is 1. The number of para-hydroxylation sites is 1. The Morgan fingerprint density at radius 3 is 2.33 bits per heavy atom. The lowest BCUT2D eigenvalue weighted by molar-refractivity contribution is 0.618. The third-order valence-corrected chi connectivity index (χ3v) is 9.85. The molecule has 0 spiro atoms. The first-order valence-electron chi connectivity index (χ1n) is 16.6. The molecule has 0 saturated carbocycles. The van der Waals surface area contributed by atoms with Crippen molar-refractivity contribution in [2.45, 2.75) is 19.0 Å². The van der Waals surface area contributed by atoms with Gasteiger partial charge in [-0.15, -0.1) is 10.2 Å². The van der Waals surface area contributed by atoms with Crippen LogP contribution in [0, 0.1) is 11.8 Å². The van der Waals surface area contributed by atoms with Crippen LogP contribution in [0.4, 0.5) is 23.0 Å². The summed E-state index contributed by atoms with van der Waals surface area (Å²) in [6.45, 7) is 2.27. The van der Waals surface area contributed by atoms with E-state index in [1.807, 2.05) is 0 Å². The minimum Gasteiger partial charge on any atom is -0.317 e. The van der Waals surface area contributed by atoms with Crippen LogP contribution in [0.3, 0.4) is 0 Å². The zero-order valence-electron chi connectivity index (χ0n) is 26.6. The van der Waals surface area contributed by atoms with Crippen molar-refractivity contribution < 1.29 is 0 Å². The van der Waals surface area contributed by atoms with E-state index in [-0.39, 0.29) is 23.9 Å². The Morgan fingerprint density at radius 2 is 1.42 bits per heavy atom. The van der Waals surface area contributed by atoms with Crippen LogP contribution in [0.1, 0.15) is 12.5 Å². The summed E-state index contributed by atoms with van der Waals surface area (Å²) in [6.07, 6.45) is 24.2. The van der Waals surface area contributed by atoms with Crippen LogP contribution in [-0.4, -0.2) is 28.1 Å². The Labute approximate surface area is 280 Å². The molecule has 6 heteroatoms. The van der Waals surface area contributed by atoms with Crippen molar-refractivity contribution in [3.63, 3.8) is 0 Å². The molecule has 0 saturated heterocycles. The number of benzene rings is 4. The maximum atomic E-state index is 5.05. The second kappa shape index (κ2) is 11.7. The highest BCUT2D eigenvalue weighted by Gasteiger charge is 2.35. The van der Waals surface area contributed by atoms with Crippen molar-refractivity contribution in [2.24, 2.45) is 16.9 Å². The molecule has 4 aliphatic rings. The third kappa shape index (κ3) is 4.60. The van der Waals surface area contributed by atoms with Gasteiger partial charge in [0.05, 0.1) is 17.8 Å². The quantitative estimate of drug-likeness (QED) is 0.212. The Bertz CT molecular complexity index is 2270. The molecule has 5 aromatic rings. The number of fused-ring (bicyclic) bond motifs is 2. The standard InChI is InChI=1S/C42H34N6/c1-28-14-5-10-25-36(28)48(38-27-12-18-30-16-7-9-22-33(30)38)42-35-24-13-23-34-39(35)40(44-46-42)43-45-41(34)47(31-19-3-2-4-20-31)37-26-11-17-29-15-6-8-21-32(29)37/h2-28,32,36-37H,1H3,(H,43,44). The van der Waals surface area contributed by atoms with Gasteiger partial charge in [-0.25, -0.2) is 0 Å². The molecule has 48 heavy (non-hydrogen) atoms. The number of anilines is 4. The van der Waals surface area contributed by atoms with Gasteiger partial charge >= 0.3 is 0 Å². The summed E-state index contributed by atoms with van der Waals surface area (Å²) < 4.78 is 0. The molecular weight excluding hydrogens is 589 g/mol. The van der Waals surface area contributed by atoms with Gasteiger partial charge in [-0.1, -0.05) is 147 Å². The molecule has 1 aliphatic heterocycles. The molecule has 0 amide bonds. The van der Waals surface area contributed by atoms with Crippen LogP contribution in [0.2, 0.25) is 0 Å². The topological polar surface area (TPSA) is 56.6 Å². The van der Waals surface area contributed by atoms with Gasteiger partial charge in [0.25, 0.3) is 0 Å². The van der Waals surface area contributed by atoms with Crippen LogP contribution >= 0.6 is 0 Å². The van der Waals surface area contributed by atoms with Gasteiger partial charge in [0.15, 0.2) is 17.5 Å². The highest BCUT2D eigenvalue weighted by Crippen LogP contribution is 2.43. The predicted octanol–water partition coefficient (Wildman–Crippen LogP) is 9.25. The molecule has 0 bridgehead atoms. The summed E-state index contributed by atoms with van der Waals surface area (Å²) in [5, 5.41) is 19.2. The third-order valence-electron chi connectivity index (χ3n) is 9.85. The number of nitrogens with one attached hydrogen (secondary N) is 1. The molecule has 9 rings (SSSR count). The van der Waals surface area contributed by atoms with Crippen molar-refractivity contribution >= 4 is 50.4 Å². The molecule has 0 radical (unpaired) electrons. The molecule has 4 aromatic carbocycles. The molecule has 2 heterocycles. The van der Waals surface area contributed by atoms with Crippen LogP contribution in [-0.2, 0) is 0 Å². The van der Waals surface area contributed by atoms with Crippen LogP contribution in [0.25, 0.3) is 21.5 Å². The van der Waals surface area contributed by atoms with Crippen LogP contribution in [0.15, 0.2) is 169 Å². The van der Waals surface area contributed by atoms with E-state index in [0.717, 1.165) is 39.4 Å². The SMILES string of the molecule is CC1C=CC=CC1N(C1=NNc2nnc(N(c3ccccc3)C3C=CC=C4C=CC=CC43)c3cccc1c23)c1cccc2ccccc12. The number of amidine groups is 1.